The standard InChI is InChI=1S/C24H34N4O3/c1-5-23-6-2-21(1)27-13-9-25-11-15-28(16-12-26-10-14-27)22-3-7-24(8-4-22)31-20-18-29-17-19-30-23/h1-8,25-26H,9-20H2. The van der Waals surface area contributed by atoms with E-state index in [4.69, 9.17) is 14.2 Å². The predicted octanol–water partition coefficient (Wildman–Crippen LogP) is 1.98. The van der Waals surface area contributed by atoms with Crippen molar-refractivity contribution in [3.8, 4) is 11.5 Å². The molecule has 2 N–H and O–H groups in total. The molecule has 6 aliphatic rings. The highest BCUT2D eigenvalue weighted by atomic mass is 16.5. The number of benzene rings is 2. The van der Waals surface area contributed by atoms with Crippen LogP contribution in [0.1, 0.15) is 0 Å². The summed E-state index contributed by atoms with van der Waals surface area (Å²) >= 11 is 0. The van der Waals surface area contributed by atoms with Crippen LogP contribution in [-0.4, -0.2) is 78.8 Å². The van der Waals surface area contributed by atoms with E-state index in [1.807, 2.05) is 24.3 Å². The van der Waals surface area contributed by atoms with Crippen molar-refractivity contribution in [1.29, 1.82) is 0 Å². The molecule has 168 valence electrons. The summed E-state index contributed by atoms with van der Waals surface area (Å²) in [6.07, 6.45) is 0. The minimum atomic E-state index is 0.529. The molecule has 8 rings (SSSR count). The summed E-state index contributed by atoms with van der Waals surface area (Å²) in [4.78, 5) is 4.86. The van der Waals surface area contributed by atoms with Gasteiger partial charge in [-0.2, -0.15) is 0 Å². The molecule has 0 saturated carbocycles. The Balaban J connectivity index is 1.48. The first-order valence-corrected chi connectivity index (χ1v) is 11.3. The van der Waals surface area contributed by atoms with Crippen molar-refractivity contribution in [2.24, 2.45) is 0 Å². The number of ether oxygens (including phenoxy) is 3. The van der Waals surface area contributed by atoms with Crippen LogP contribution in [0.25, 0.3) is 0 Å². The van der Waals surface area contributed by atoms with E-state index in [0.717, 1.165) is 63.9 Å². The van der Waals surface area contributed by atoms with Crippen LogP contribution in [-0.2, 0) is 4.74 Å². The Hall–Kier alpha value is -2.48. The minimum absolute atomic E-state index is 0.529. The van der Waals surface area contributed by atoms with Crippen LogP contribution in [0.2, 0.25) is 0 Å². The molecule has 2 aromatic carbocycles. The number of fused-ring (bicyclic) bond motifs is 4. The quantitative estimate of drug-likeness (QED) is 0.668. The zero-order valence-electron chi connectivity index (χ0n) is 18.2. The van der Waals surface area contributed by atoms with Crippen LogP contribution in [0.5, 0.6) is 11.5 Å². The number of hydrogen-bond acceptors (Lipinski definition) is 7. The Labute approximate surface area is 185 Å². The van der Waals surface area contributed by atoms with E-state index in [0.29, 0.717) is 26.4 Å². The van der Waals surface area contributed by atoms with Gasteiger partial charge in [0.25, 0.3) is 0 Å². The fraction of sp³-hybridized carbons (Fsp3) is 0.500. The topological polar surface area (TPSA) is 58.2 Å². The highest BCUT2D eigenvalue weighted by Crippen LogP contribution is 2.21. The van der Waals surface area contributed by atoms with Gasteiger partial charge in [-0.3, -0.25) is 0 Å². The molecule has 2 aromatic rings. The fourth-order valence-corrected chi connectivity index (χ4v) is 3.89. The first-order valence-electron chi connectivity index (χ1n) is 11.3. The summed E-state index contributed by atoms with van der Waals surface area (Å²) in [5, 5.41) is 7.23. The van der Waals surface area contributed by atoms with E-state index in [-0.39, 0.29) is 0 Å². The molecule has 31 heavy (non-hydrogen) atoms. The van der Waals surface area contributed by atoms with Crippen LogP contribution in [0.15, 0.2) is 48.5 Å². The van der Waals surface area contributed by atoms with Gasteiger partial charge in [0.2, 0.25) is 0 Å². The molecule has 1 saturated heterocycles. The Morgan fingerprint density at radius 3 is 1.29 bits per heavy atom. The highest BCUT2D eigenvalue weighted by molar-refractivity contribution is 5.50. The van der Waals surface area contributed by atoms with Crippen LogP contribution < -0.4 is 29.9 Å². The SMILES string of the molecule is c1cc2ccc1OCCOCCOc1ccc(cc1)N1CCNCCN2CCNCC1. The maximum absolute atomic E-state index is 5.82. The summed E-state index contributed by atoms with van der Waals surface area (Å²) in [7, 11) is 0. The van der Waals surface area contributed by atoms with Crippen LogP contribution >= 0.6 is 0 Å². The van der Waals surface area contributed by atoms with Crippen molar-refractivity contribution >= 4 is 11.4 Å². The van der Waals surface area contributed by atoms with Crippen LogP contribution in [0, 0.1) is 0 Å². The normalized spacial score (nSPS) is 19.4. The molecule has 0 spiro atoms. The van der Waals surface area contributed by atoms with Crippen molar-refractivity contribution in [3.05, 3.63) is 48.5 Å². The average Bonchev–Trinajstić information content (AvgIpc) is 2.79. The summed E-state index contributed by atoms with van der Waals surface area (Å²) in [5.74, 6) is 1.74. The Morgan fingerprint density at radius 2 is 0.903 bits per heavy atom. The van der Waals surface area contributed by atoms with Gasteiger partial charge in [0.15, 0.2) is 0 Å². The lowest BCUT2D eigenvalue weighted by molar-refractivity contribution is 0.0764. The number of nitrogens with zero attached hydrogens (tertiary/aromatic N) is 2. The number of nitrogens with one attached hydrogen (secondary N) is 2. The largest absolute Gasteiger partial charge is 0.491 e. The van der Waals surface area contributed by atoms with Gasteiger partial charge in [-0.1, -0.05) is 0 Å². The molecule has 6 heterocycles. The molecule has 0 aromatic heterocycles. The molecule has 1 fully saturated rings. The van der Waals surface area contributed by atoms with Crippen molar-refractivity contribution in [2.75, 3.05) is 88.6 Å². The molecule has 0 atom stereocenters. The molecular weight excluding hydrogens is 392 g/mol. The lowest BCUT2D eigenvalue weighted by Gasteiger charge is -2.29. The second kappa shape index (κ2) is 11.8. The van der Waals surface area contributed by atoms with E-state index in [1.165, 1.54) is 11.4 Å². The molecule has 6 bridgehead atoms. The predicted molar refractivity (Wildman–Crippen MR) is 125 cm³/mol. The Bertz CT molecular complexity index is 692. The van der Waals surface area contributed by atoms with Crippen molar-refractivity contribution in [2.45, 2.75) is 0 Å². The Morgan fingerprint density at radius 1 is 0.516 bits per heavy atom. The number of rotatable bonds is 0. The third-order valence-electron chi connectivity index (χ3n) is 5.63. The van der Waals surface area contributed by atoms with Crippen molar-refractivity contribution < 1.29 is 14.2 Å². The minimum Gasteiger partial charge on any atom is -0.491 e. The summed E-state index contributed by atoms with van der Waals surface area (Å²) < 4.78 is 17.3. The van der Waals surface area contributed by atoms with Gasteiger partial charge in [-0.15, -0.1) is 0 Å². The zero-order chi connectivity index (χ0) is 21.1. The van der Waals surface area contributed by atoms with Gasteiger partial charge < -0.3 is 34.6 Å². The maximum Gasteiger partial charge on any atom is 0.119 e. The van der Waals surface area contributed by atoms with Gasteiger partial charge in [0.1, 0.15) is 24.7 Å². The molecule has 6 aliphatic heterocycles. The summed E-state index contributed by atoms with van der Waals surface area (Å²) in [5.41, 5.74) is 2.45. The van der Waals surface area contributed by atoms with Gasteiger partial charge in [-0.05, 0) is 48.5 Å². The highest BCUT2D eigenvalue weighted by Gasteiger charge is 2.11. The molecule has 0 radical (unpaired) electrons. The van der Waals surface area contributed by atoms with Gasteiger partial charge in [0.05, 0.1) is 13.2 Å². The summed E-state index contributed by atoms with van der Waals surface area (Å²) in [6.45, 7) is 9.86. The van der Waals surface area contributed by atoms with Crippen molar-refractivity contribution in [1.82, 2.24) is 10.6 Å². The van der Waals surface area contributed by atoms with E-state index in [9.17, 15) is 0 Å². The molecule has 7 heteroatoms. The number of hydrogen-bond donors (Lipinski definition) is 2. The fourth-order valence-electron chi connectivity index (χ4n) is 3.89. The van der Waals surface area contributed by atoms with Crippen LogP contribution in [0.3, 0.4) is 0 Å². The van der Waals surface area contributed by atoms with Crippen LogP contribution in [0.4, 0.5) is 11.4 Å². The number of anilines is 2. The monoisotopic (exact) mass is 426 g/mol. The molecule has 0 aliphatic carbocycles. The smallest absolute Gasteiger partial charge is 0.119 e. The lowest BCUT2D eigenvalue weighted by atomic mass is 10.2. The Kier molecular flexibility index (Phi) is 8.27. The third-order valence-corrected chi connectivity index (χ3v) is 5.63. The lowest BCUT2D eigenvalue weighted by Crippen LogP contribution is -2.43. The van der Waals surface area contributed by atoms with E-state index >= 15 is 0 Å². The van der Waals surface area contributed by atoms with Crippen molar-refractivity contribution in [3.63, 3.8) is 0 Å². The van der Waals surface area contributed by atoms with E-state index in [2.05, 4.69) is 44.7 Å². The summed E-state index contributed by atoms with van der Waals surface area (Å²) in [6, 6.07) is 16.8. The second-order valence-corrected chi connectivity index (χ2v) is 7.77. The molecular formula is C24H34N4O3. The zero-order valence-corrected chi connectivity index (χ0v) is 18.2. The first kappa shape index (κ1) is 21.7. The first-order chi connectivity index (χ1) is 15.4. The molecule has 0 unspecified atom stereocenters. The van der Waals surface area contributed by atoms with E-state index < -0.39 is 0 Å². The van der Waals surface area contributed by atoms with Gasteiger partial charge in [-0.25, -0.2) is 0 Å². The maximum atomic E-state index is 5.82. The molecule has 7 nitrogen and oxygen atoms in total. The van der Waals surface area contributed by atoms with E-state index in [1.54, 1.807) is 0 Å². The second-order valence-electron chi connectivity index (χ2n) is 7.77. The average molecular weight is 427 g/mol. The van der Waals surface area contributed by atoms with Gasteiger partial charge >= 0.3 is 0 Å². The van der Waals surface area contributed by atoms with Gasteiger partial charge in [0, 0.05) is 63.7 Å². The molecule has 0 amide bonds. The third kappa shape index (κ3) is 6.75.